The summed E-state index contributed by atoms with van der Waals surface area (Å²) in [5.74, 6) is 6.81. The number of carbonyl (C=O) groups excluding carboxylic acids is 1. The number of fused-ring (bicyclic) bond motifs is 4. The molecule has 0 bridgehead atoms. The molecular weight excluding hydrogens is 484 g/mol. The van der Waals surface area contributed by atoms with Crippen molar-refractivity contribution in [1.82, 2.24) is 0 Å². The molecule has 0 aliphatic heterocycles. The van der Waals surface area contributed by atoms with Gasteiger partial charge in [-0.3, -0.25) is 4.79 Å². The minimum Gasteiger partial charge on any atom is -0.478 e. The first kappa shape index (κ1) is 25.6. The minimum atomic E-state index is -0.943. The molecule has 2 fully saturated rings. The molecule has 2 aromatic rings. The van der Waals surface area contributed by atoms with Crippen molar-refractivity contribution in [2.24, 2.45) is 17.3 Å². The fraction of sp³-hybridized carbons (Fsp3) is 0.371. The van der Waals surface area contributed by atoms with Crippen molar-refractivity contribution in [3.8, 4) is 11.8 Å². The van der Waals surface area contributed by atoms with Crippen LogP contribution < -0.4 is 0 Å². The van der Waals surface area contributed by atoms with E-state index in [1.807, 2.05) is 18.2 Å². The molecule has 4 aliphatic rings. The first-order valence-electron chi connectivity index (χ1n) is 14.1. The second-order valence-corrected chi connectivity index (χ2v) is 11.8. The Balaban J connectivity index is 1.28. The van der Waals surface area contributed by atoms with E-state index < -0.39 is 5.97 Å². The van der Waals surface area contributed by atoms with Crippen molar-refractivity contribution in [1.29, 1.82) is 0 Å². The van der Waals surface area contributed by atoms with Crippen molar-refractivity contribution in [3.05, 3.63) is 99.7 Å². The Morgan fingerprint density at radius 3 is 2.67 bits per heavy atom. The van der Waals surface area contributed by atoms with E-state index >= 15 is 0 Å². The highest BCUT2D eigenvalue weighted by molar-refractivity contribution is 5.93. The van der Waals surface area contributed by atoms with Crippen LogP contribution in [0.3, 0.4) is 0 Å². The quantitative estimate of drug-likeness (QED) is 0.443. The fourth-order valence-corrected chi connectivity index (χ4v) is 7.77. The Morgan fingerprint density at radius 1 is 1.05 bits per heavy atom. The van der Waals surface area contributed by atoms with Crippen LogP contribution in [0.4, 0.5) is 0 Å². The molecule has 0 radical (unpaired) electrons. The summed E-state index contributed by atoms with van der Waals surface area (Å²) in [5.41, 5.74) is 7.40. The summed E-state index contributed by atoms with van der Waals surface area (Å²) in [7, 11) is 0. The maximum atomic E-state index is 12.2. The molecule has 4 heteroatoms. The zero-order chi connectivity index (χ0) is 27.1. The van der Waals surface area contributed by atoms with Crippen molar-refractivity contribution in [3.63, 3.8) is 0 Å². The van der Waals surface area contributed by atoms with Crippen molar-refractivity contribution >= 4 is 17.8 Å². The van der Waals surface area contributed by atoms with E-state index in [1.54, 1.807) is 29.8 Å². The number of allylic oxidation sites excluding steroid dienone is 5. The summed E-state index contributed by atoms with van der Waals surface area (Å²) in [6, 6.07) is 15.3. The molecule has 6 rings (SSSR count). The van der Waals surface area contributed by atoms with Crippen LogP contribution in [0, 0.1) is 29.1 Å². The summed E-state index contributed by atoms with van der Waals surface area (Å²) in [6.45, 7) is 2.30. The van der Waals surface area contributed by atoms with Gasteiger partial charge in [0.25, 0.3) is 0 Å². The molecular formula is C35H34O4. The van der Waals surface area contributed by atoms with Crippen LogP contribution >= 0.6 is 0 Å². The van der Waals surface area contributed by atoms with Crippen LogP contribution in [0.5, 0.6) is 0 Å². The number of carboxylic acids is 1. The van der Waals surface area contributed by atoms with E-state index in [-0.39, 0.29) is 28.8 Å². The molecule has 0 amide bonds. The number of carboxylic acid groups (broad SMARTS) is 1. The Labute approximate surface area is 230 Å². The number of rotatable bonds is 3. The summed E-state index contributed by atoms with van der Waals surface area (Å²) in [6.07, 6.45) is 11.6. The van der Waals surface area contributed by atoms with Crippen LogP contribution in [0.2, 0.25) is 0 Å². The first-order chi connectivity index (χ1) is 18.8. The van der Waals surface area contributed by atoms with Gasteiger partial charge in [-0.25, -0.2) is 4.79 Å². The van der Waals surface area contributed by atoms with Gasteiger partial charge in [-0.15, -0.1) is 0 Å². The molecule has 0 aromatic heterocycles. The van der Waals surface area contributed by atoms with Crippen molar-refractivity contribution in [2.75, 3.05) is 0 Å². The van der Waals surface area contributed by atoms with Crippen LogP contribution in [-0.4, -0.2) is 28.1 Å². The van der Waals surface area contributed by atoms with Crippen LogP contribution in [0.15, 0.2) is 77.4 Å². The molecule has 4 unspecified atom stereocenters. The summed E-state index contributed by atoms with van der Waals surface area (Å²) in [5, 5.41) is 20.2. The summed E-state index contributed by atoms with van der Waals surface area (Å²) < 4.78 is 0. The number of hydrogen-bond acceptors (Lipinski definition) is 3. The third-order valence-electron chi connectivity index (χ3n) is 9.70. The fourth-order valence-electron chi connectivity index (χ4n) is 7.77. The van der Waals surface area contributed by atoms with Gasteiger partial charge in [-0.2, -0.15) is 0 Å². The lowest BCUT2D eigenvalue weighted by atomic mass is 9.53. The van der Waals surface area contributed by atoms with Gasteiger partial charge in [-0.05, 0) is 121 Å². The topological polar surface area (TPSA) is 74.6 Å². The monoisotopic (exact) mass is 518 g/mol. The molecule has 4 aliphatic carbocycles. The van der Waals surface area contributed by atoms with E-state index in [9.17, 15) is 14.7 Å². The van der Waals surface area contributed by atoms with E-state index in [0.717, 1.165) is 49.7 Å². The highest BCUT2D eigenvalue weighted by Crippen LogP contribution is 2.63. The van der Waals surface area contributed by atoms with E-state index in [2.05, 4.69) is 43.0 Å². The van der Waals surface area contributed by atoms with Gasteiger partial charge in [0.1, 0.15) is 0 Å². The van der Waals surface area contributed by atoms with Crippen LogP contribution in [0.25, 0.3) is 6.08 Å². The number of hydrogen-bond donors (Lipinski definition) is 2. The molecule has 0 heterocycles. The smallest absolute Gasteiger partial charge is 0.335 e. The second kappa shape index (κ2) is 10.1. The second-order valence-electron chi connectivity index (χ2n) is 11.8. The first-order valence-corrected chi connectivity index (χ1v) is 14.1. The van der Waals surface area contributed by atoms with Crippen LogP contribution in [-0.2, 0) is 4.79 Å². The number of ketones is 1. The number of aromatic carboxylic acids is 1. The number of aliphatic hydroxyl groups excluding tert-OH is 1. The Morgan fingerprint density at radius 2 is 1.87 bits per heavy atom. The SMILES string of the molecule is CC12C[C@H](c3ccc(C#C/C=C/c4cccc(C(=O)O)c4)cc3)C3=C4CCC(=O)C=C4CCC3C1CCC2O. The van der Waals surface area contributed by atoms with E-state index in [0.29, 0.717) is 18.3 Å². The van der Waals surface area contributed by atoms with Gasteiger partial charge >= 0.3 is 5.97 Å². The molecule has 198 valence electrons. The maximum absolute atomic E-state index is 12.2. The van der Waals surface area contributed by atoms with E-state index in [1.165, 1.54) is 16.7 Å². The van der Waals surface area contributed by atoms with Gasteiger partial charge in [0, 0.05) is 17.9 Å². The zero-order valence-corrected chi connectivity index (χ0v) is 22.3. The highest BCUT2D eigenvalue weighted by atomic mass is 16.4. The Hall–Kier alpha value is -3.68. The molecule has 4 nitrogen and oxygen atoms in total. The van der Waals surface area contributed by atoms with Gasteiger partial charge < -0.3 is 10.2 Å². The molecule has 0 spiro atoms. The number of carbonyl (C=O) groups is 2. The molecule has 0 saturated heterocycles. The average Bonchev–Trinajstić information content (AvgIpc) is 3.24. The van der Waals surface area contributed by atoms with Gasteiger partial charge in [0.05, 0.1) is 11.7 Å². The third-order valence-corrected chi connectivity index (χ3v) is 9.70. The summed E-state index contributed by atoms with van der Waals surface area (Å²) in [4.78, 5) is 23.4. The minimum absolute atomic E-state index is 0.0771. The third kappa shape index (κ3) is 4.70. The maximum Gasteiger partial charge on any atom is 0.335 e. The van der Waals surface area contributed by atoms with E-state index in [4.69, 9.17) is 5.11 Å². The van der Waals surface area contributed by atoms with Gasteiger partial charge in [-0.1, -0.05) is 48.6 Å². The molecule has 2 saturated carbocycles. The lowest BCUT2D eigenvalue weighted by Gasteiger charge is -2.52. The Kier molecular flexibility index (Phi) is 6.65. The van der Waals surface area contributed by atoms with Crippen molar-refractivity contribution < 1.29 is 19.8 Å². The van der Waals surface area contributed by atoms with Crippen molar-refractivity contribution in [2.45, 2.75) is 63.9 Å². The Bertz CT molecular complexity index is 1480. The lowest BCUT2D eigenvalue weighted by Crippen LogP contribution is -2.45. The number of benzene rings is 2. The number of aliphatic hydroxyl groups is 1. The summed E-state index contributed by atoms with van der Waals surface area (Å²) >= 11 is 0. The predicted molar refractivity (Wildman–Crippen MR) is 152 cm³/mol. The standard InChI is InChI=1S/C35H34O4/c1-35-21-30(33-28-16-14-27(36)20-25(28)13-15-29(33)31(35)17-18-32(35)37)24-11-9-22(10-12-24)5-2-3-6-23-7-4-8-26(19-23)34(38)39/h3-4,6-12,19-20,29-32,37H,13-18,21H2,1H3,(H,38,39)/b6-3+/t29?,30-,31?,32?,35?/m1/s1. The molecule has 5 atom stereocenters. The molecule has 2 N–H and O–H groups in total. The predicted octanol–water partition coefficient (Wildman–Crippen LogP) is 6.71. The highest BCUT2D eigenvalue weighted by Gasteiger charge is 2.56. The van der Waals surface area contributed by atoms with Gasteiger partial charge in [0.2, 0.25) is 0 Å². The average molecular weight is 519 g/mol. The molecule has 2 aromatic carbocycles. The lowest BCUT2D eigenvalue weighted by molar-refractivity contribution is -0.114. The van der Waals surface area contributed by atoms with Crippen LogP contribution in [0.1, 0.15) is 84.8 Å². The normalized spacial score (nSPS) is 29.7. The van der Waals surface area contributed by atoms with Gasteiger partial charge in [0.15, 0.2) is 5.78 Å². The zero-order valence-electron chi connectivity index (χ0n) is 22.3. The molecule has 39 heavy (non-hydrogen) atoms. The largest absolute Gasteiger partial charge is 0.478 e.